The molecule has 0 aliphatic heterocycles. The lowest BCUT2D eigenvalue weighted by atomic mass is 10.3. The Morgan fingerprint density at radius 3 is 2.71 bits per heavy atom. The zero-order valence-electron chi connectivity index (χ0n) is 9.13. The van der Waals surface area contributed by atoms with Gasteiger partial charge in [0.25, 0.3) is 0 Å². The van der Waals surface area contributed by atoms with Gasteiger partial charge in [-0.1, -0.05) is 5.92 Å². The average molecular weight is 197 g/mol. The van der Waals surface area contributed by atoms with Crippen molar-refractivity contribution in [1.29, 1.82) is 0 Å². The standard InChI is InChI=1S/C10H19N3O/c1-5-6-11-7-10(14)12-9(2)8-13(3)4/h1,9,11H,6-8H2,2-4H3,(H,12,14). The van der Waals surface area contributed by atoms with Crippen LogP contribution in [-0.2, 0) is 4.79 Å². The van der Waals surface area contributed by atoms with E-state index in [9.17, 15) is 4.79 Å². The van der Waals surface area contributed by atoms with E-state index in [2.05, 4.69) is 16.6 Å². The second-order valence-electron chi connectivity index (χ2n) is 3.54. The number of carbonyl (C=O) groups is 1. The molecule has 4 nitrogen and oxygen atoms in total. The van der Waals surface area contributed by atoms with Crippen LogP contribution in [0.15, 0.2) is 0 Å². The van der Waals surface area contributed by atoms with Crippen molar-refractivity contribution in [3.8, 4) is 12.3 Å². The Morgan fingerprint density at radius 1 is 1.57 bits per heavy atom. The summed E-state index contributed by atoms with van der Waals surface area (Å²) in [6.45, 7) is 3.51. The highest BCUT2D eigenvalue weighted by molar-refractivity contribution is 5.78. The molecule has 80 valence electrons. The van der Waals surface area contributed by atoms with Crippen molar-refractivity contribution in [1.82, 2.24) is 15.5 Å². The topological polar surface area (TPSA) is 44.4 Å². The zero-order valence-corrected chi connectivity index (χ0v) is 9.13. The molecular weight excluding hydrogens is 178 g/mol. The molecule has 0 saturated carbocycles. The molecule has 0 rings (SSSR count). The van der Waals surface area contributed by atoms with Gasteiger partial charge >= 0.3 is 0 Å². The first-order chi connectivity index (χ1) is 6.56. The number of nitrogens with zero attached hydrogens (tertiary/aromatic N) is 1. The molecule has 0 fully saturated rings. The molecule has 0 radical (unpaired) electrons. The van der Waals surface area contributed by atoms with Crippen LogP contribution in [0.2, 0.25) is 0 Å². The summed E-state index contributed by atoms with van der Waals surface area (Å²) in [6.07, 6.45) is 5.03. The molecule has 14 heavy (non-hydrogen) atoms. The van der Waals surface area contributed by atoms with Gasteiger partial charge in [0.2, 0.25) is 5.91 Å². The minimum absolute atomic E-state index is 0.0189. The highest BCUT2D eigenvalue weighted by Crippen LogP contribution is 1.84. The summed E-state index contributed by atoms with van der Waals surface area (Å²) in [7, 11) is 3.94. The average Bonchev–Trinajstić information content (AvgIpc) is 2.02. The normalized spacial score (nSPS) is 12.2. The van der Waals surface area contributed by atoms with Crippen molar-refractivity contribution < 1.29 is 4.79 Å². The van der Waals surface area contributed by atoms with Crippen LogP contribution in [0.3, 0.4) is 0 Å². The summed E-state index contributed by atoms with van der Waals surface area (Å²) in [5.41, 5.74) is 0. The van der Waals surface area contributed by atoms with Crippen LogP contribution >= 0.6 is 0 Å². The van der Waals surface area contributed by atoms with Crippen LogP contribution in [0.1, 0.15) is 6.92 Å². The van der Waals surface area contributed by atoms with Crippen LogP contribution in [0.25, 0.3) is 0 Å². The minimum Gasteiger partial charge on any atom is -0.351 e. The fraction of sp³-hybridized carbons (Fsp3) is 0.700. The molecular formula is C10H19N3O. The van der Waals surface area contributed by atoms with Gasteiger partial charge in [-0.05, 0) is 21.0 Å². The van der Waals surface area contributed by atoms with E-state index in [0.29, 0.717) is 6.54 Å². The smallest absolute Gasteiger partial charge is 0.234 e. The molecule has 0 aliphatic carbocycles. The molecule has 0 aromatic rings. The van der Waals surface area contributed by atoms with E-state index in [1.54, 1.807) is 0 Å². The van der Waals surface area contributed by atoms with Crippen molar-refractivity contribution in [3.05, 3.63) is 0 Å². The Labute approximate surface area is 86.0 Å². The lowest BCUT2D eigenvalue weighted by molar-refractivity contribution is -0.120. The van der Waals surface area contributed by atoms with Crippen LogP contribution in [-0.4, -0.2) is 50.6 Å². The second kappa shape index (κ2) is 7.36. The van der Waals surface area contributed by atoms with Crippen molar-refractivity contribution in [2.75, 3.05) is 33.7 Å². The first kappa shape index (κ1) is 12.9. The molecule has 0 heterocycles. The summed E-state index contributed by atoms with van der Waals surface area (Å²) < 4.78 is 0. The number of carbonyl (C=O) groups excluding carboxylic acids is 1. The first-order valence-corrected chi connectivity index (χ1v) is 4.64. The number of terminal acetylenes is 1. The monoisotopic (exact) mass is 197 g/mol. The molecule has 2 N–H and O–H groups in total. The number of amides is 1. The molecule has 1 unspecified atom stereocenters. The van der Waals surface area contributed by atoms with Crippen LogP contribution < -0.4 is 10.6 Å². The number of rotatable bonds is 6. The Bertz CT molecular complexity index is 208. The van der Waals surface area contributed by atoms with Gasteiger partial charge in [0, 0.05) is 12.6 Å². The fourth-order valence-electron chi connectivity index (χ4n) is 1.17. The van der Waals surface area contributed by atoms with Gasteiger partial charge in [0.05, 0.1) is 13.1 Å². The van der Waals surface area contributed by atoms with E-state index in [0.717, 1.165) is 6.54 Å². The van der Waals surface area contributed by atoms with Crippen molar-refractivity contribution in [2.45, 2.75) is 13.0 Å². The maximum atomic E-state index is 11.2. The van der Waals surface area contributed by atoms with Gasteiger partial charge < -0.3 is 10.2 Å². The van der Waals surface area contributed by atoms with E-state index in [1.165, 1.54) is 0 Å². The third kappa shape index (κ3) is 7.59. The maximum Gasteiger partial charge on any atom is 0.234 e. The van der Waals surface area contributed by atoms with E-state index in [1.807, 2.05) is 25.9 Å². The zero-order chi connectivity index (χ0) is 11.0. The number of nitrogens with one attached hydrogen (secondary N) is 2. The largest absolute Gasteiger partial charge is 0.351 e. The van der Waals surface area contributed by atoms with Crippen LogP contribution in [0, 0.1) is 12.3 Å². The lowest BCUT2D eigenvalue weighted by Gasteiger charge is -2.18. The Hall–Kier alpha value is -1.05. The van der Waals surface area contributed by atoms with Gasteiger partial charge in [-0.15, -0.1) is 6.42 Å². The van der Waals surface area contributed by atoms with Crippen LogP contribution in [0.5, 0.6) is 0 Å². The third-order valence-corrected chi connectivity index (χ3v) is 1.56. The van der Waals surface area contributed by atoms with E-state index in [4.69, 9.17) is 6.42 Å². The Kier molecular flexibility index (Phi) is 6.81. The van der Waals surface area contributed by atoms with Gasteiger partial charge in [0.1, 0.15) is 0 Å². The quantitative estimate of drug-likeness (QED) is 0.436. The summed E-state index contributed by atoms with van der Waals surface area (Å²) in [6, 6.07) is 0.158. The SMILES string of the molecule is C#CCNCC(=O)NC(C)CN(C)C. The summed E-state index contributed by atoms with van der Waals surface area (Å²) >= 11 is 0. The van der Waals surface area contributed by atoms with Crippen LogP contribution in [0.4, 0.5) is 0 Å². The lowest BCUT2D eigenvalue weighted by Crippen LogP contribution is -2.43. The predicted octanol–water partition coefficient (Wildman–Crippen LogP) is -0.724. The van der Waals surface area contributed by atoms with Crippen molar-refractivity contribution in [2.24, 2.45) is 0 Å². The molecule has 1 atom stereocenters. The van der Waals surface area contributed by atoms with E-state index >= 15 is 0 Å². The molecule has 0 aliphatic rings. The number of hydrogen-bond acceptors (Lipinski definition) is 3. The third-order valence-electron chi connectivity index (χ3n) is 1.56. The van der Waals surface area contributed by atoms with Gasteiger partial charge in [-0.3, -0.25) is 10.1 Å². The van der Waals surface area contributed by atoms with Crippen molar-refractivity contribution in [3.63, 3.8) is 0 Å². The predicted molar refractivity (Wildman–Crippen MR) is 57.9 cm³/mol. The van der Waals surface area contributed by atoms with E-state index < -0.39 is 0 Å². The molecule has 0 saturated heterocycles. The number of likely N-dealkylation sites (N-methyl/N-ethyl adjacent to an activating group) is 1. The Morgan fingerprint density at radius 2 is 2.21 bits per heavy atom. The van der Waals surface area contributed by atoms with Crippen molar-refractivity contribution >= 4 is 5.91 Å². The minimum atomic E-state index is -0.0189. The second-order valence-corrected chi connectivity index (χ2v) is 3.54. The fourth-order valence-corrected chi connectivity index (χ4v) is 1.17. The highest BCUT2D eigenvalue weighted by atomic mass is 16.1. The molecule has 4 heteroatoms. The van der Waals surface area contributed by atoms with Gasteiger partial charge in [-0.2, -0.15) is 0 Å². The Balaban J connectivity index is 3.56. The maximum absolute atomic E-state index is 11.2. The highest BCUT2D eigenvalue weighted by Gasteiger charge is 2.06. The first-order valence-electron chi connectivity index (χ1n) is 4.64. The summed E-state index contributed by atoms with van der Waals surface area (Å²) in [5, 5.41) is 5.69. The van der Waals surface area contributed by atoms with E-state index in [-0.39, 0.29) is 18.5 Å². The summed E-state index contributed by atoms with van der Waals surface area (Å²) in [4.78, 5) is 13.3. The molecule has 0 aromatic carbocycles. The van der Waals surface area contributed by atoms with Gasteiger partial charge in [-0.25, -0.2) is 0 Å². The van der Waals surface area contributed by atoms with Gasteiger partial charge in [0.15, 0.2) is 0 Å². The molecule has 0 aromatic heterocycles. The molecule has 1 amide bonds. The molecule has 0 spiro atoms. The molecule has 0 bridgehead atoms. The summed E-state index contributed by atoms with van der Waals surface area (Å²) in [5.74, 6) is 2.39. The number of hydrogen-bond donors (Lipinski definition) is 2.